The molecule has 0 amide bonds. The molecular formula is C16H25NO2. The van der Waals surface area contributed by atoms with Crippen LogP contribution in [0, 0.1) is 13.8 Å². The third kappa shape index (κ3) is 3.57. The van der Waals surface area contributed by atoms with Gasteiger partial charge in [-0.3, -0.25) is 4.79 Å². The lowest BCUT2D eigenvalue weighted by Crippen LogP contribution is -2.44. The van der Waals surface area contributed by atoms with Gasteiger partial charge in [-0.1, -0.05) is 43.2 Å². The van der Waals surface area contributed by atoms with E-state index in [0.29, 0.717) is 6.42 Å². The molecule has 1 aromatic carbocycles. The molecule has 2 atom stereocenters. The molecule has 2 unspecified atom stereocenters. The first-order valence-electron chi connectivity index (χ1n) is 6.74. The minimum Gasteiger partial charge on any atom is -0.469 e. The maximum atomic E-state index is 11.7. The maximum Gasteiger partial charge on any atom is 0.306 e. The number of carbonyl (C=O) groups excluding carboxylic acids is 1. The molecule has 1 rings (SSSR count). The van der Waals surface area contributed by atoms with E-state index in [9.17, 15) is 4.79 Å². The number of aryl methyl sites for hydroxylation is 2. The molecule has 0 bridgehead atoms. The van der Waals surface area contributed by atoms with E-state index in [4.69, 9.17) is 10.5 Å². The minimum absolute atomic E-state index is 0.0761. The summed E-state index contributed by atoms with van der Waals surface area (Å²) in [5.41, 5.74) is 9.38. The third-order valence-corrected chi connectivity index (χ3v) is 3.88. The minimum atomic E-state index is -0.390. The number of methoxy groups -OCH3 is 1. The zero-order valence-corrected chi connectivity index (χ0v) is 12.6. The Morgan fingerprint density at radius 1 is 1.32 bits per heavy atom. The van der Waals surface area contributed by atoms with Gasteiger partial charge in [-0.15, -0.1) is 0 Å². The number of rotatable bonds is 5. The summed E-state index contributed by atoms with van der Waals surface area (Å²) in [7, 11) is 1.42. The van der Waals surface area contributed by atoms with Gasteiger partial charge in [-0.2, -0.15) is 0 Å². The Balaban J connectivity index is 3.25. The summed E-state index contributed by atoms with van der Waals surface area (Å²) in [5.74, 6) is -0.217. The van der Waals surface area contributed by atoms with Gasteiger partial charge in [-0.25, -0.2) is 0 Å². The number of ether oxygens (including phenoxy) is 1. The van der Waals surface area contributed by atoms with Crippen LogP contribution in [-0.2, 0) is 14.9 Å². The van der Waals surface area contributed by atoms with Crippen molar-refractivity contribution in [3.05, 3.63) is 34.9 Å². The first-order chi connectivity index (χ1) is 8.83. The van der Waals surface area contributed by atoms with Crippen LogP contribution >= 0.6 is 0 Å². The molecular weight excluding hydrogens is 238 g/mol. The maximum absolute atomic E-state index is 11.7. The van der Waals surface area contributed by atoms with Gasteiger partial charge in [0, 0.05) is 11.5 Å². The average molecular weight is 263 g/mol. The fraction of sp³-hybridized carbons (Fsp3) is 0.562. The monoisotopic (exact) mass is 263 g/mol. The summed E-state index contributed by atoms with van der Waals surface area (Å²) in [6.45, 7) is 8.22. The predicted molar refractivity (Wildman–Crippen MR) is 78.2 cm³/mol. The molecule has 0 saturated heterocycles. The van der Waals surface area contributed by atoms with Crippen LogP contribution in [-0.4, -0.2) is 19.1 Å². The molecule has 0 saturated carbocycles. The molecule has 106 valence electrons. The lowest BCUT2D eigenvalue weighted by Gasteiger charge is -2.35. The van der Waals surface area contributed by atoms with Crippen molar-refractivity contribution < 1.29 is 9.53 Å². The summed E-state index contributed by atoms with van der Waals surface area (Å²) >= 11 is 0. The zero-order chi connectivity index (χ0) is 14.6. The van der Waals surface area contributed by atoms with Gasteiger partial charge in [-0.05, 0) is 25.8 Å². The molecule has 0 radical (unpaired) electrons. The summed E-state index contributed by atoms with van der Waals surface area (Å²) in [6, 6.07) is 6.28. The largest absolute Gasteiger partial charge is 0.469 e. The Morgan fingerprint density at radius 2 is 1.84 bits per heavy atom. The quantitative estimate of drug-likeness (QED) is 0.831. The second-order valence-electron chi connectivity index (χ2n) is 5.56. The number of benzene rings is 1. The van der Waals surface area contributed by atoms with E-state index in [0.717, 1.165) is 12.0 Å². The van der Waals surface area contributed by atoms with Crippen molar-refractivity contribution in [1.29, 1.82) is 0 Å². The van der Waals surface area contributed by atoms with Crippen LogP contribution in [0.1, 0.15) is 43.4 Å². The normalized spacial score (nSPS) is 15.7. The Morgan fingerprint density at radius 3 is 2.26 bits per heavy atom. The van der Waals surface area contributed by atoms with Crippen molar-refractivity contribution in [3.63, 3.8) is 0 Å². The van der Waals surface area contributed by atoms with Crippen molar-refractivity contribution in [2.24, 2.45) is 5.73 Å². The van der Waals surface area contributed by atoms with E-state index in [1.165, 1.54) is 18.2 Å². The first kappa shape index (κ1) is 15.7. The topological polar surface area (TPSA) is 52.3 Å². The van der Waals surface area contributed by atoms with Gasteiger partial charge in [0.1, 0.15) is 0 Å². The van der Waals surface area contributed by atoms with Gasteiger partial charge in [0.05, 0.1) is 13.5 Å². The van der Waals surface area contributed by atoms with Gasteiger partial charge in [0.15, 0.2) is 0 Å². The molecule has 19 heavy (non-hydrogen) atoms. The summed E-state index contributed by atoms with van der Waals surface area (Å²) in [5, 5.41) is 0. The highest BCUT2D eigenvalue weighted by Gasteiger charge is 2.35. The second-order valence-corrected chi connectivity index (χ2v) is 5.56. The highest BCUT2D eigenvalue weighted by Crippen LogP contribution is 2.33. The van der Waals surface area contributed by atoms with Gasteiger partial charge in [0.25, 0.3) is 0 Å². The van der Waals surface area contributed by atoms with E-state index < -0.39 is 5.41 Å². The van der Waals surface area contributed by atoms with E-state index in [1.54, 1.807) is 0 Å². The Labute approximate surface area is 116 Å². The van der Waals surface area contributed by atoms with Gasteiger partial charge in [0.2, 0.25) is 0 Å². The molecule has 0 heterocycles. The molecule has 3 nitrogen and oxygen atoms in total. The zero-order valence-electron chi connectivity index (χ0n) is 12.6. The van der Waals surface area contributed by atoms with Crippen LogP contribution in [0.4, 0.5) is 0 Å². The standard InChI is InChI=1S/C16H25NO2/c1-6-14(17)16(4,10-15(18)19-5)13-8-11(2)7-12(3)9-13/h7-9,14H,6,10,17H2,1-5H3. The Hall–Kier alpha value is -1.35. The average Bonchev–Trinajstić information content (AvgIpc) is 2.36. The number of esters is 1. The van der Waals surface area contributed by atoms with Crippen molar-refractivity contribution in [2.45, 2.75) is 52.0 Å². The summed E-state index contributed by atoms with van der Waals surface area (Å²) in [4.78, 5) is 11.7. The summed E-state index contributed by atoms with van der Waals surface area (Å²) < 4.78 is 4.83. The molecule has 0 fully saturated rings. The second kappa shape index (κ2) is 6.20. The molecule has 0 aromatic heterocycles. The molecule has 2 N–H and O–H groups in total. The van der Waals surface area contributed by atoms with Crippen LogP contribution in [0.25, 0.3) is 0 Å². The number of nitrogens with two attached hydrogens (primary N) is 1. The van der Waals surface area contributed by atoms with Crippen molar-refractivity contribution >= 4 is 5.97 Å². The van der Waals surface area contributed by atoms with Crippen LogP contribution in [0.3, 0.4) is 0 Å². The van der Waals surface area contributed by atoms with Crippen molar-refractivity contribution in [1.82, 2.24) is 0 Å². The molecule has 0 spiro atoms. The number of hydrogen-bond acceptors (Lipinski definition) is 3. The fourth-order valence-corrected chi connectivity index (χ4v) is 2.57. The molecule has 0 aliphatic carbocycles. The van der Waals surface area contributed by atoms with E-state index in [2.05, 4.69) is 32.0 Å². The van der Waals surface area contributed by atoms with Gasteiger partial charge >= 0.3 is 5.97 Å². The van der Waals surface area contributed by atoms with E-state index in [1.807, 2.05) is 13.8 Å². The number of carbonyl (C=O) groups is 1. The highest BCUT2D eigenvalue weighted by atomic mass is 16.5. The van der Waals surface area contributed by atoms with Crippen molar-refractivity contribution in [3.8, 4) is 0 Å². The smallest absolute Gasteiger partial charge is 0.306 e. The third-order valence-electron chi connectivity index (χ3n) is 3.88. The Kier molecular flexibility index (Phi) is 5.12. The molecule has 0 aliphatic rings. The molecule has 1 aromatic rings. The SMILES string of the molecule is CCC(N)C(C)(CC(=O)OC)c1cc(C)cc(C)c1. The summed E-state index contributed by atoms with van der Waals surface area (Å²) in [6.07, 6.45) is 1.13. The fourth-order valence-electron chi connectivity index (χ4n) is 2.57. The van der Waals surface area contributed by atoms with Crippen LogP contribution < -0.4 is 5.73 Å². The first-order valence-corrected chi connectivity index (χ1v) is 6.74. The lowest BCUT2D eigenvalue weighted by molar-refractivity contribution is -0.142. The Bertz CT molecular complexity index is 436. The lowest BCUT2D eigenvalue weighted by atomic mass is 9.72. The van der Waals surface area contributed by atoms with E-state index in [-0.39, 0.29) is 12.0 Å². The van der Waals surface area contributed by atoms with Crippen LogP contribution in [0.15, 0.2) is 18.2 Å². The highest BCUT2D eigenvalue weighted by molar-refractivity contribution is 5.71. The van der Waals surface area contributed by atoms with Crippen LogP contribution in [0.2, 0.25) is 0 Å². The number of hydrogen-bond donors (Lipinski definition) is 1. The van der Waals surface area contributed by atoms with Gasteiger partial charge < -0.3 is 10.5 Å². The molecule has 3 heteroatoms. The molecule has 0 aliphatic heterocycles. The predicted octanol–water partition coefficient (Wildman–Crippen LogP) is 2.86. The van der Waals surface area contributed by atoms with E-state index >= 15 is 0 Å². The van der Waals surface area contributed by atoms with Crippen molar-refractivity contribution in [2.75, 3.05) is 7.11 Å². The van der Waals surface area contributed by atoms with Crippen LogP contribution in [0.5, 0.6) is 0 Å².